The van der Waals surface area contributed by atoms with Gasteiger partial charge in [0.2, 0.25) is 5.96 Å². The van der Waals surface area contributed by atoms with Gasteiger partial charge in [-0.05, 0) is 47.0 Å². The van der Waals surface area contributed by atoms with E-state index in [0.717, 1.165) is 47.3 Å². The predicted molar refractivity (Wildman–Crippen MR) is 108 cm³/mol. The van der Waals surface area contributed by atoms with Gasteiger partial charge in [0.05, 0.1) is 16.1 Å². The average molecular weight is 453 g/mol. The van der Waals surface area contributed by atoms with E-state index in [1.807, 2.05) is 30.3 Å². The molecule has 2 aliphatic rings. The number of hydrogen-bond donors (Lipinski definition) is 3. The number of piperidine rings is 1. The Bertz CT molecular complexity index is 914. The van der Waals surface area contributed by atoms with Gasteiger partial charge < -0.3 is 10.2 Å². The van der Waals surface area contributed by atoms with Crippen LogP contribution in [0.4, 0.5) is 0 Å². The fourth-order valence-electron chi connectivity index (χ4n) is 3.30. The monoisotopic (exact) mass is 451 g/mol. The van der Waals surface area contributed by atoms with Crippen LogP contribution in [0.5, 0.6) is 0 Å². The van der Waals surface area contributed by atoms with Gasteiger partial charge >= 0.3 is 0 Å². The Labute approximate surface area is 170 Å². The summed E-state index contributed by atoms with van der Waals surface area (Å²) in [7, 11) is 1.91. The summed E-state index contributed by atoms with van der Waals surface area (Å²) in [6.07, 6.45) is 3.32. The number of hydrogen-bond acceptors (Lipinski definition) is 7. The van der Waals surface area contributed by atoms with Crippen molar-refractivity contribution in [2.24, 2.45) is 5.10 Å². The van der Waals surface area contributed by atoms with E-state index in [1.54, 1.807) is 6.20 Å². The molecular formula is C17H19BrClN7O. The number of pyridine rings is 1. The maximum Gasteiger partial charge on any atom is 0.253 e. The number of guanidine groups is 1. The molecule has 8 nitrogen and oxygen atoms in total. The second-order valence-electron chi connectivity index (χ2n) is 6.61. The van der Waals surface area contributed by atoms with Gasteiger partial charge in [-0.15, -0.1) is 10.6 Å². The largest absolute Gasteiger partial charge is 0.349 e. The first-order valence-electron chi connectivity index (χ1n) is 8.64. The van der Waals surface area contributed by atoms with Crippen molar-refractivity contribution in [1.29, 1.82) is 0 Å². The number of hydrazone groups is 1. The lowest BCUT2D eigenvalue weighted by molar-refractivity contribution is 0.0920. The number of aromatic nitrogens is 1. The van der Waals surface area contributed by atoms with Crippen molar-refractivity contribution < 1.29 is 4.79 Å². The quantitative estimate of drug-likeness (QED) is 0.647. The van der Waals surface area contributed by atoms with Crippen LogP contribution >= 0.6 is 27.5 Å². The number of hydrazine groups is 2. The fraction of sp³-hybridized carbons (Fsp3) is 0.353. The molecule has 2 aromatic rings. The lowest BCUT2D eigenvalue weighted by Crippen LogP contribution is -2.51. The Morgan fingerprint density at radius 2 is 2.11 bits per heavy atom. The minimum atomic E-state index is -0.111. The number of carbonyl (C=O) groups excluding carboxylic acids is 1. The highest BCUT2D eigenvalue weighted by molar-refractivity contribution is 9.10. The summed E-state index contributed by atoms with van der Waals surface area (Å²) in [5.74, 6) is 0.752. The molecule has 1 aromatic carbocycles. The smallest absolute Gasteiger partial charge is 0.253 e. The Morgan fingerprint density at radius 1 is 1.33 bits per heavy atom. The van der Waals surface area contributed by atoms with Crippen LogP contribution in [0.25, 0.3) is 10.9 Å². The van der Waals surface area contributed by atoms with Crippen molar-refractivity contribution in [3.05, 3.63) is 39.5 Å². The van der Waals surface area contributed by atoms with E-state index < -0.39 is 0 Å². The van der Waals surface area contributed by atoms with E-state index in [2.05, 4.69) is 47.3 Å². The number of benzene rings is 1. The second kappa shape index (κ2) is 7.49. The third-order valence-electron chi connectivity index (χ3n) is 4.77. The average Bonchev–Trinajstić information content (AvgIpc) is 3.09. The van der Waals surface area contributed by atoms with Crippen molar-refractivity contribution in [2.45, 2.75) is 18.9 Å². The molecule has 0 radical (unpaired) electrons. The minimum Gasteiger partial charge on any atom is -0.349 e. The molecule has 3 heterocycles. The summed E-state index contributed by atoms with van der Waals surface area (Å²) < 4.78 is 0.788. The molecule has 1 amide bonds. The Balaban J connectivity index is 1.39. The highest BCUT2D eigenvalue weighted by Gasteiger charge is 2.26. The van der Waals surface area contributed by atoms with E-state index >= 15 is 0 Å². The molecule has 1 fully saturated rings. The maximum atomic E-state index is 12.6. The summed E-state index contributed by atoms with van der Waals surface area (Å²) in [5, 5.41) is 10.6. The van der Waals surface area contributed by atoms with Crippen molar-refractivity contribution in [3.63, 3.8) is 0 Å². The number of likely N-dealkylation sites (tertiary alicyclic amines) is 1. The molecule has 3 N–H and O–H groups in total. The number of amides is 1. The molecule has 0 unspecified atom stereocenters. The molecule has 0 saturated carbocycles. The molecule has 0 bridgehead atoms. The van der Waals surface area contributed by atoms with E-state index in [1.165, 1.54) is 0 Å². The number of nitrogens with zero attached hydrogens (tertiary/aromatic N) is 4. The molecule has 1 aromatic heterocycles. The summed E-state index contributed by atoms with van der Waals surface area (Å²) in [6.45, 7) is 1.66. The van der Waals surface area contributed by atoms with Gasteiger partial charge in [-0.2, -0.15) is 0 Å². The lowest BCUT2D eigenvalue weighted by Gasteiger charge is -2.34. The molecule has 0 spiro atoms. The van der Waals surface area contributed by atoms with Gasteiger partial charge in [0.25, 0.3) is 5.91 Å². The van der Waals surface area contributed by atoms with Gasteiger partial charge in [-0.3, -0.25) is 14.8 Å². The summed E-state index contributed by atoms with van der Waals surface area (Å²) >= 11 is 9.54. The van der Waals surface area contributed by atoms with E-state index in [-0.39, 0.29) is 11.9 Å². The zero-order valence-corrected chi connectivity index (χ0v) is 17.0. The third-order valence-corrected chi connectivity index (χ3v) is 5.97. The molecule has 0 aliphatic carbocycles. The van der Waals surface area contributed by atoms with E-state index in [4.69, 9.17) is 11.6 Å². The first kappa shape index (κ1) is 18.3. The van der Waals surface area contributed by atoms with Crippen molar-refractivity contribution >= 4 is 50.3 Å². The highest BCUT2D eigenvalue weighted by Crippen LogP contribution is 2.27. The van der Waals surface area contributed by atoms with Crippen LogP contribution in [0.2, 0.25) is 5.02 Å². The molecule has 10 heteroatoms. The zero-order chi connectivity index (χ0) is 19.0. The molecule has 0 atom stereocenters. The first-order chi connectivity index (χ1) is 13.0. The van der Waals surface area contributed by atoms with Crippen LogP contribution < -0.4 is 16.4 Å². The summed E-state index contributed by atoms with van der Waals surface area (Å²) in [6, 6.07) is 5.61. The molecule has 142 valence electrons. The second-order valence-corrected chi connectivity index (χ2v) is 7.87. The number of nitrogens with one attached hydrogen (secondary N) is 3. The van der Waals surface area contributed by atoms with Crippen molar-refractivity contribution in [3.8, 4) is 0 Å². The molecule has 27 heavy (non-hydrogen) atoms. The van der Waals surface area contributed by atoms with Crippen LogP contribution in [0.15, 0.2) is 34.0 Å². The summed E-state index contributed by atoms with van der Waals surface area (Å²) in [4.78, 5) is 19.2. The van der Waals surface area contributed by atoms with Crippen LogP contribution in [0.3, 0.4) is 0 Å². The Morgan fingerprint density at radius 3 is 2.81 bits per heavy atom. The van der Waals surface area contributed by atoms with E-state index in [9.17, 15) is 4.79 Å². The molecule has 1 saturated heterocycles. The predicted octanol–water partition coefficient (Wildman–Crippen LogP) is 2.07. The third kappa shape index (κ3) is 3.80. The molecule has 4 rings (SSSR count). The van der Waals surface area contributed by atoms with E-state index in [0.29, 0.717) is 10.6 Å². The first-order valence-corrected chi connectivity index (χ1v) is 9.81. The van der Waals surface area contributed by atoms with Crippen LogP contribution in [-0.4, -0.2) is 52.9 Å². The zero-order valence-electron chi connectivity index (χ0n) is 14.7. The standard InChI is InChI=1S/C17H19BrClN7O/c1-25-17(22-23-24-25)26-4-2-12(3-5-26)21-16(27)11-6-10-7-14(19)13(18)8-15(10)20-9-11/h6-9,12,23-24H,2-5H2,1H3,(H,21,27). The van der Waals surface area contributed by atoms with Gasteiger partial charge in [0.15, 0.2) is 0 Å². The minimum absolute atomic E-state index is 0.111. The van der Waals surface area contributed by atoms with Gasteiger partial charge in [-0.25, -0.2) is 5.53 Å². The highest BCUT2D eigenvalue weighted by atomic mass is 79.9. The topological polar surface area (TPSA) is 84.9 Å². The van der Waals surface area contributed by atoms with Crippen LogP contribution in [-0.2, 0) is 0 Å². The summed E-state index contributed by atoms with van der Waals surface area (Å²) in [5.41, 5.74) is 6.97. The van der Waals surface area contributed by atoms with Crippen molar-refractivity contribution in [1.82, 2.24) is 31.3 Å². The number of fused-ring (bicyclic) bond motifs is 1. The van der Waals surface area contributed by atoms with Gasteiger partial charge in [0, 0.05) is 42.2 Å². The number of carbonyl (C=O) groups is 1. The lowest BCUT2D eigenvalue weighted by atomic mass is 10.0. The number of rotatable bonds is 2. The molecule has 2 aliphatic heterocycles. The van der Waals surface area contributed by atoms with Crippen molar-refractivity contribution in [2.75, 3.05) is 20.1 Å². The Hall–Kier alpha value is -2.10. The SMILES string of the molecule is CN1NNN=C1N1CCC(NC(=O)c2cnc3cc(Br)c(Cl)cc3c2)CC1. The van der Waals surface area contributed by atoms with Crippen LogP contribution in [0.1, 0.15) is 23.2 Å². The Kier molecular flexibility index (Phi) is 5.07. The number of halogens is 2. The van der Waals surface area contributed by atoms with Gasteiger partial charge in [-0.1, -0.05) is 11.6 Å². The van der Waals surface area contributed by atoms with Gasteiger partial charge in [0.1, 0.15) is 0 Å². The van der Waals surface area contributed by atoms with Crippen LogP contribution in [0, 0.1) is 0 Å². The maximum absolute atomic E-state index is 12.6. The normalized spacial score (nSPS) is 17.8. The fourth-order valence-corrected chi connectivity index (χ4v) is 3.80. The molecular weight excluding hydrogens is 434 g/mol.